The first-order valence-corrected chi connectivity index (χ1v) is 7.86. The predicted octanol–water partition coefficient (Wildman–Crippen LogP) is 2.99. The second-order valence-corrected chi connectivity index (χ2v) is 5.56. The molecule has 0 heterocycles. The van der Waals surface area contributed by atoms with Crippen LogP contribution in [0.2, 0.25) is 5.02 Å². The molecule has 0 radical (unpaired) electrons. The van der Waals surface area contributed by atoms with Gasteiger partial charge in [0.2, 0.25) is 5.91 Å². The van der Waals surface area contributed by atoms with Gasteiger partial charge >= 0.3 is 0 Å². The van der Waals surface area contributed by atoms with Gasteiger partial charge in [0.25, 0.3) is 0 Å². The predicted molar refractivity (Wildman–Crippen MR) is 85.4 cm³/mol. The summed E-state index contributed by atoms with van der Waals surface area (Å²) in [7, 11) is 0. The lowest BCUT2D eigenvalue weighted by atomic mass is 10.3. The van der Waals surface area contributed by atoms with Gasteiger partial charge < -0.3 is 15.4 Å². The Balaban J connectivity index is 2.15. The molecule has 0 saturated carbocycles. The van der Waals surface area contributed by atoms with Crippen molar-refractivity contribution < 1.29 is 9.53 Å². The van der Waals surface area contributed by atoms with Crippen molar-refractivity contribution in [1.29, 1.82) is 0 Å². The topological polar surface area (TPSA) is 50.4 Å². The van der Waals surface area contributed by atoms with Crippen LogP contribution in [0.25, 0.3) is 0 Å². The van der Waals surface area contributed by atoms with E-state index in [1.807, 2.05) is 0 Å². The maximum atomic E-state index is 11.6. The van der Waals surface area contributed by atoms with Crippen LogP contribution in [0.5, 0.6) is 5.75 Å². The van der Waals surface area contributed by atoms with Crippen molar-refractivity contribution in [3.05, 3.63) is 27.7 Å². The fourth-order valence-electron chi connectivity index (χ4n) is 1.53. The number of carbonyl (C=O) groups is 1. The lowest BCUT2D eigenvalue weighted by Crippen LogP contribution is -2.32. The fourth-order valence-corrected chi connectivity index (χ4v) is 2.32. The summed E-state index contributed by atoms with van der Waals surface area (Å²) >= 11 is 9.20. The Kier molecular flexibility index (Phi) is 8.65. The molecule has 0 bridgehead atoms. The van der Waals surface area contributed by atoms with Crippen LogP contribution < -0.4 is 15.4 Å². The van der Waals surface area contributed by atoms with Gasteiger partial charge in [0.05, 0.1) is 17.5 Å². The Morgan fingerprint density at radius 2 is 2.15 bits per heavy atom. The summed E-state index contributed by atoms with van der Waals surface area (Å²) in [6.07, 6.45) is 1.43. The molecule has 0 aliphatic heterocycles. The number of amides is 1. The lowest BCUT2D eigenvalue weighted by Gasteiger charge is -2.09. The Labute approximate surface area is 133 Å². The molecular weight excluding hydrogens is 344 g/mol. The highest BCUT2D eigenvalue weighted by Crippen LogP contribution is 2.27. The van der Waals surface area contributed by atoms with Gasteiger partial charge in [-0.25, -0.2) is 0 Å². The van der Waals surface area contributed by atoms with Gasteiger partial charge in [-0.3, -0.25) is 4.79 Å². The second kappa shape index (κ2) is 10.0. The summed E-state index contributed by atoms with van der Waals surface area (Å²) in [6.45, 7) is 4.86. The first-order valence-electron chi connectivity index (χ1n) is 6.68. The molecule has 1 aromatic carbocycles. The molecule has 0 unspecified atom stereocenters. The molecule has 1 aromatic rings. The molecule has 6 heteroatoms. The van der Waals surface area contributed by atoms with E-state index in [0.717, 1.165) is 24.0 Å². The van der Waals surface area contributed by atoms with E-state index in [1.54, 1.807) is 18.2 Å². The van der Waals surface area contributed by atoms with Gasteiger partial charge in [-0.1, -0.05) is 18.5 Å². The van der Waals surface area contributed by atoms with Gasteiger partial charge in [-0.05, 0) is 47.1 Å². The minimum Gasteiger partial charge on any atom is -0.492 e. The van der Waals surface area contributed by atoms with Crippen molar-refractivity contribution >= 4 is 33.4 Å². The molecule has 1 rings (SSSR count). The maximum Gasteiger partial charge on any atom is 0.223 e. The summed E-state index contributed by atoms with van der Waals surface area (Å²) in [5.41, 5.74) is 0. The summed E-state index contributed by atoms with van der Waals surface area (Å²) in [6, 6.07) is 5.29. The van der Waals surface area contributed by atoms with E-state index in [-0.39, 0.29) is 5.91 Å². The normalized spacial score (nSPS) is 10.3. The maximum absolute atomic E-state index is 11.6. The molecule has 4 nitrogen and oxygen atoms in total. The minimum atomic E-state index is -0.00613. The molecular formula is C14H20BrClN2O2. The zero-order valence-electron chi connectivity index (χ0n) is 11.5. The standard InChI is InChI=1S/C14H20BrClN2O2/c1-2-6-17-7-8-18-14(19)5-9-20-13-4-3-11(16)10-12(13)15/h3-4,10,17H,2,5-9H2,1H3,(H,18,19). The molecule has 0 saturated heterocycles. The van der Waals surface area contributed by atoms with E-state index in [9.17, 15) is 4.79 Å². The molecule has 2 N–H and O–H groups in total. The molecule has 20 heavy (non-hydrogen) atoms. The van der Waals surface area contributed by atoms with Crippen LogP contribution in [-0.4, -0.2) is 32.1 Å². The van der Waals surface area contributed by atoms with Crippen LogP contribution in [0.3, 0.4) is 0 Å². The zero-order valence-corrected chi connectivity index (χ0v) is 13.9. The fraction of sp³-hybridized carbons (Fsp3) is 0.500. The van der Waals surface area contributed by atoms with Crippen LogP contribution >= 0.6 is 27.5 Å². The monoisotopic (exact) mass is 362 g/mol. The van der Waals surface area contributed by atoms with E-state index in [1.165, 1.54) is 0 Å². The van der Waals surface area contributed by atoms with Crippen molar-refractivity contribution in [2.75, 3.05) is 26.2 Å². The lowest BCUT2D eigenvalue weighted by molar-refractivity contribution is -0.121. The average Bonchev–Trinajstić information content (AvgIpc) is 2.41. The molecule has 0 aromatic heterocycles. The Morgan fingerprint density at radius 3 is 2.85 bits per heavy atom. The number of hydrogen-bond acceptors (Lipinski definition) is 3. The van der Waals surface area contributed by atoms with E-state index < -0.39 is 0 Å². The number of hydrogen-bond donors (Lipinski definition) is 2. The molecule has 0 aliphatic carbocycles. The first-order chi connectivity index (χ1) is 9.63. The third-order valence-electron chi connectivity index (χ3n) is 2.53. The smallest absolute Gasteiger partial charge is 0.223 e. The van der Waals surface area contributed by atoms with E-state index in [0.29, 0.717) is 30.3 Å². The van der Waals surface area contributed by atoms with Gasteiger partial charge in [0.15, 0.2) is 0 Å². The molecule has 112 valence electrons. The van der Waals surface area contributed by atoms with Crippen LogP contribution in [0.4, 0.5) is 0 Å². The van der Waals surface area contributed by atoms with Gasteiger partial charge in [0, 0.05) is 18.1 Å². The molecule has 0 fully saturated rings. The van der Waals surface area contributed by atoms with Crippen molar-refractivity contribution in [1.82, 2.24) is 10.6 Å². The zero-order chi connectivity index (χ0) is 14.8. The number of benzene rings is 1. The van der Waals surface area contributed by atoms with Crippen molar-refractivity contribution in [3.8, 4) is 5.75 Å². The number of carbonyl (C=O) groups excluding carboxylic acids is 1. The SMILES string of the molecule is CCCNCCNC(=O)CCOc1ccc(Cl)cc1Br. The summed E-state index contributed by atoms with van der Waals surface area (Å²) in [5, 5.41) is 6.70. The molecule has 0 aliphatic rings. The van der Waals surface area contributed by atoms with Crippen LogP contribution in [0, 0.1) is 0 Å². The van der Waals surface area contributed by atoms with Gasteiger partial charge in [-0.15, -0.1) is 0 Å². The van der Waals surface area contributed by atoms with Crippen molar-refractivity contribution in [2.24, 2.45) is 0 Å². The third kappa shape index (κ3) is 7.12. The van der Waals surface area contributed by atoms with Crippen molar-refractivity contribution in [3.63, 3.8) is 0 Å². The molecule has 0 spiro atoms. The van der Waals surface area contributed by atoms with Crippen LogP contribution in [-0.2, 0) is 4.79 Å². The average molecular weight is 364 g/mol. The quantitative estimate of drug-likeness (QED) is 0.663. The summed E-state index contributed by atoms with van der Waals surface area (Å²) in [4.78, 5) is 11.6. The highest BCUT2D eigenvalue weighted by atomic mass is 79.9. The summed E-state index contributed by atoms with van der Waals surface area (Å²) < 4.78 is 6.31. The highest BCUT2D eigenvalue weighted by molar-refractivity contribution is 9.10. The van der Waals surface area contributed by atoms with Crippen LogP contribution in [0.15, 0.2) is 22.7 Å². The number of nitrogens with one attached hydrogen (secondary N) is 2. The Hall–Kier alpha value is -0.780. The van der Waals surface area contributed by atoms with Crippen LogP contribution in [0.1, 0.15) is 19.8 Å². The Bertz CT molecular complexity index is 430. The largest absolute Gasteiger partial charge is 0.492 e. The highest BCUT2D eigenvalue weighted by Gasteiger charge is 2.04. The summed E-state index contributed by atoms with van der Waals surface area (Å²) in [5.74, 6) is 0.681. The number of rotatable bonds is 9. The van der Waals surface area contributed by atoms with Gasteiger partial charge in [0.1, 0.15) is 5.75 Å². The number of halogens is 2. The number of ether oxygens (including phenoxy) is 1. The Morgan fingerprint density at radius 1 is 1.35 bits per heavy atom. The molecule has 0 atom stereocenters. The first kappa shape index (κ1) is 17.3. The minimum absolute atomic E-state index is 0.00613. The van der Waals surface area contributed by atoms with E-state index >= 15 is 0 Å². The van der Waals surface area contributed by atoms with E-state index in [2.05, 4.69) is 33.5 Å². The van der Waals surface area contributed by atoms with Gasteiger partial charge in [-0.2, -0.15) is 0 Å². The second-order valence-electron chi connectivity index (χ2n) is 4.27. The van der Waals surface area contributed by atoms with Crippen molar-refractivity contribution in [2.45, 2.75) is 19.8 Å². The third-order valence-corrected chi connectivity index (χ3v) is 3.39. The molecule has 1 amide bonds. The van der Waals surface area contributed by atoms with E-state index in [4.69, 9.17) is 16.3 Å².